The number of thioether (sulfide) groups is 1. The zero-order valence-electron chi connectivity index (χ0n) is 3.94. The molecule has 0 unspecified atom stereocenters. The van der Waals surface area contributed by atoms with Gasteiger partial charge >= 0.3 is 0 Å². The van der Waals surface area contributed by atoms with E-state index in [0.29, 0.717) is 18.0 Å². The molecule has 1 rings (SSSR count). The van der Waals surface area contributed by atoms with Crippen molar-refractivity contribution in [1.29, 1.82) is 0 Å². The number of rotatable bonds is 0. The summed E-state index contributed by atoms with van der Waals surface area (Å²) < 4.78 is 0. The lowest BCUT2D eigenvalue weighted by molar-refractivity contribution is -0.115. The largest absolute Gasteiger partial charge is 0.298 e. The van der Waals surface area contributed by atoms with Crippen molar-refractivity contribution in [2.24, 2.45) is 0 Å². The van der Waals surface area contributed by atoms with E-state index < -0.39 is 0 Å². The molecule has 2 heteroatoms. The fourth-order valence-electron chi connectivity index (χ4n) is 0.505. The van der Waals surface area contributed by atoms with Crippen LogP contribution in [0.5, 0.6) is 0 Å². The first-order chi connectivity index (χ1) is 3.29. The molecule has 0 aromatic rings. The number of Topliss-reactive ketones (excluding diaryl/α,β-unsaturated/α-hetero) is 1. The van der Waals surface area contributed by atoms with E-state index in [4.69, 9.17) is 0 Å². The smallest absolute Gasteiger partial charge is 0.147 e. The fraction of sp³-hybridized carbons (Fsp3) is 0.400. The van der Waals surface area contributed by atoms with Crippen molar-refractivity contribution in [3.63, 3.8) is 0 Å². The molecule has 0 aromatic heterocycles. The van der Waals surface area contributed by atoms with Crippen molar-refractivity contribution in [2.75, 3.05) is 5.75 Å². The van der Waals surface area contributed by atoms with Crippen molar-refractivity contribution in [2.45, 2.75) is 6.42 Å². The Hall–Kier alpha value is -0.240. The van der Waals surface area contributed by atoms with Gasteiger partial charge in [-0.25, -0.2) is 0 Å². The van der Waals surface area contributed by atoms with E-state index in [0.717, 1.165) is 4.91 Å². The molecule has 0 spiro atoms. The van der Waals surface area contributed by atoms with Crippen LogP contribution in [0.25, 0.3) is 0 Å². The third kappa shape index (κ3) is 1.06. The highest BCUT2D eigenvalue weighted by atomic mass is 32.2. The first-order valence-electron chi connectivity index (χ1n) is 2.11. The molecular formula is C5H6OS. The Balaban J connectivity index is 2.55. The number of ketones is 1. The molecule has 0 aromatic carbocycles. The molecule has 1 aliphatic heterocycles. The van der Waals surface area contributed by atoms with E-state index in [-0.39, 0.29) is 0 Å². The van der Waals surface area contributed by atoms with Gasteiger partial charge in [0.2, 0.25) is 0 Å². The van der Waals surface area contributed by atoms with Crippen molar-refractivity contribution in [1.82, 2.24) is 0 Å². The quantitative estimate of drug-likeness (QED) is 0.471. The van der Waals surface area contributed by atoms with E-state index >= 15 is 0 Å². The highest BCUT2D eigenvalue weighted by Crippen LogP contribution is 2.24. The van der Waals surface area contributed by atoms with E-state index in [9.17, 15) is 4.79 Å². The summed E-state index contributed by atoms with van der Waals surface area (Å²) in [6, 6.07) is 0. The second-order valence-electron chi connectivity index (χ2n) is 1.54. The topological polar surface area (TPSA) is 17.1 Å². The van der Waals surface area contributed by atoms with Crippen LogP contribution in [0.3, 0.4) is 0 Å². The molecule has 1 aliphatic rings. The molecule has 0 atom stereocenters. The third-order valence-electron chi connectivity index (χ3n) is 0.832. The maximum atomic E-state index is 10.4. The maximum Gasteiger partial charge on any atom is 0.147 e. The van der Waals surface area contributed by atoms with Gasteiger partial charge in [0.05, 0.1) is 5.75 Å². The Labute approximate surface area is 46.8 Å². The first kappa shape index (κ1) is 4.91. The third-order valence-corrected chi connectivity index (χ3v) is 1.85. The zero-order valence-corrected chi connectivity index (χ0v) is 4.75. The van der Waals surface area contributed by atoms with Gasteiger partial charge in [-0.1, -0.05) is 6.58 Å². The summed E-state index contributed by atoms with van der Waals surface area (Å²) in [7, 11) is 0. The lowest BCUT2D eigenvalue weighted by atomic mass is 10.3. The molecule has 0 bridgehead atoms. The van der Waals surface area contributed by atoms with Crippen LogP contribution in [0.1, 0.15) is 6.42 Å². The second kappa shape index (κ2) is 1.70. The molecule has 0 aliphatic carbocycles. The lowest BCUT2D eigenvalue weighted by Crippen LogP contribution is -1.88. The van der Waals surface area contributed by atoms with E-state index in [1.165, 1.54) is 0 Å². The number of hydrogen-bond donors (Lipinski definition) is 0. The number of carbonyl (C=O) groups is 1. The molecule has 38 valence electrons. The van der Waals surface area contributed by atoms with Gasteiger partial charge in [-0.3, -0.25) is 4.79 Å². The van der Waals surface area contributed by atoms with Gasteiger partial charge < -0.3 is 0 Å². The predicted molar refractivity (Wildman–Crippen MR) is 31.2 cm³/mol. The van der Waals surface area contributed by atoms with Crippen molar-refractivity contribution < 1.29 is 4.79 Å². The monoisotopic (exact) mass is 114 g/mol. The minimum absolute atomic E-state index is 0.315. The first-order valence-corrected chi connectivity index (χ1v) is 3.10. The Morgan fingerprint density at radius 1 is 1.71 bits per heavy atom. The summed E-state index contributed by atoms with van der Waals surface area (Å²) in [4.78, 5) is 11.4. The van der Waals surface area contributed by atoms with Gasteiger partial charge in [0.15, 0.2) is 0 Å². The fourth-order valence-corrected chi connectivity index (χ4v) is 1.23. The van der Waals surface area contributed by atoms with Crippen LogP contribution >= 0.6 is 11.8 Å². The van der Waals surface area contributed by atoms with Crippen molar-refractivity contribution in [3.05, 3.63) is 11.5 Å². The molecule has 0 radical (unpaired) electrons. The Morgan fingerprint density at radius 3 is 2.57 bits per heavy atom. The number of hydrogen-bond acceptors (Lipinski definition) is 2. The molecule has 0 N–H and O–H groups in total. The van der Waals surface area contributed by atoms with Crippen LogP contribution in [0.4, 0.5) is 0 Å². The summed E-state index contributed by atoms with van der Waals surface area (Å²) in [5, 5.41) is 0. The minimum atomic E-state index is 0.315. The molecular weight excluding hydrogens is 108 g/mol. The Kier molecular flexibility index (Phi) is 1.19. The lowest BCUT2D eigenvalue weighted by Gasteiger charge is -1.78. The molecule has 1 fully saturated rings. The Bertz CT molecular complexity index is 103. The van der Waals surface area contributed by atoms with Crippen LogP contribution in [0.2, 0.25) is 0 Å². The van der Waals surface area contributed by atoms with Gasteiger partial charge in [0, 0.05) is 6.42 Å². The number of carbonyl (C=O) groups excluding carboxylic acids is 1. The SMILES string of the molecule is C=C1CC(=O)CS1. The summed E-state index contributed by atoms with van der Waals surface area (Å²) in [5.74, 6) is 0.966. The number of allylic oxidation sites excluding steroid dienone is 1. The molecule has 1 nitrogen and oxygen atoms in total. The van der Waals surface area contributed by atoms with Gasteiger partial charge in [-0.05, 0) is 4.91 Å². The summed E-state index contributed by atoms with van der Waals surface area (Å²) in [5.41, 5.74) is 0. The Morgan fingerprint density at radius 2 is 2.43 bits per heavy atom. The van der Waals surface area contributed by atoms with Crippen LogP contribution in [0.15, 0.2) is 11.5 Å². The van der Waals surface area contributed by atoms with Gasteiger partial charge in [0.1, 0.15) is 5.78 Å². The van der Waals surface area contributed by atoms with Gasteiger partial charge in [-0.15, -0.1) is 11.8 Å². The highest BCUT2D eigenvalue weighted by Gasteiger charge is 2.12. The van der Waals surface area contributed by atoms with E-state index in [1.807, 2.05) is 0 Å². The summed E-state index contributed by atoms with van der Waals surface area (Å²) in [6.07, 6.45) is 0.602. The summed E-state index contributed by atoms with van der Waals surface area (Å²) >= 11 is 1.56. The highest BCUT2D eigenvalue weighted by molar-refractivity contribution is 8.04. The molecule has 0 amide bonds. The standard InChI is InChI=1S/C5H6OS/c1-4-2-5(6)3-7-4/h1-3H2. The van der Waals surface area contributed by atoms with Gasteiger partial charge in [-0.2, -0.15) is 0 Å². The second-order valence-corrected chi connectivity index (χ2v) is 2.70. The van der Waals surface area contributed by atoms with Crippen LogP contribution in [-0.4, -0.2) is 11.5 Å². The average Bonchev–Trinajstić information content (AvgIpc) is 1.87. The predicted octanol–water partition coefficient (Wildman–Crippen LogP) is 1.21. The normalized spacial score (nSPS) is 21.1. The molecule has 1 saturated heterocycles. The molecule has 7 heavy (non-hydrogen) atoms. The van der Waals surface area contributed by atoms with Crippen LogP contribution < -0.4 is 0 Å². The van der Waals surface area contributed by atoms with E-state index in [1.54, 1.807) is 11.8 Å². The van der Waals surface area contributed by atoms with Crippen molar-refractivity contribution in [3.8, 4) is 0 Å². The minimum Gasteiger partial charge on any atom is -0.298 e. The molecule has 0 saturated carbocycles. The van der Waals surface area contributed by atoms with Crippen LogP contribution in [0, 0.1) is 0 Å². The van der Waals surface area contributed by atoms with Crippen LogP contribution in [-0.2, 0) is 4.79 Å². The van der Waals surface area contributed by atoms with E-state index in [2.05, 4.69) is 6.58 Å². The maximum absolute atomic E-state index is 10.4. The summed E-state index contributed by atoms with van der Waals surface area (Å²) in [6.45, 7) is 3.65. The van der Waals surface area contributed by atoms with Crippen molar-refractivity contribution >= 4 is 17.5 Å². The molecule has 1 heterocycles. The average molecular weight is 114 g/mol. The zero-order chi connectivity index (χ0) is 5.28. The van der Waals surface area contributed by atoms with Gasteiger partial charge in [0.25, 0.3) is 0 Å².